The van der Waals surface area contributed by atoms with Crippen molar-refractivity contribution >= 4 is 16.7 Å². The minimum Gasteiger partial charge on any atom is -0.381 e. The monoisotopic (exact) mass is 253 g/mol. The Bertz CT molecular complexity index is 372. The molecule has 2 fully saturated rings. The van der Waals surface area contributed by atoms with Crippen molar-refractivity contribution in [3.8, 4) is 0 Å². The van der Waals surface area contributed by atoms with E-state index < -0.39 is 0 Å². The van der Waals surface area contributed by atoms with Gasteiger partial charge in [0.25, 0.3) is 0 Å². The number of aromatic nitrogens is 2. The van der Waals surface area contributed by atoms with Gasteiger partial charge in [-0.2, -0.15) is 4.37 Å². The third-order valence-electron chi connectivity index (χ3n) is 3.71. The number of hydrogen-bond acceptors (Lipinski definition) is 5. The van der Waals surface area contributed by atoms with Crippen molar-refractivity contribution in [3.63, 3.8) is 0 Å². The van der Waals surface area contributed by atoms with Gasteiger partial charge in [-0.3, -0.25) is 0 Å². The number of ether oxygens (including phenoxy) is 1. The number of nitrogens with zero attached hydrogens (tertiary/aromatic N) is 2. The van der Waals surface area contributed by atoms with Crippen molar-refractivity contribution in [1.82, 2.24) is 9.36 Å². The van der Waals surface area contributed by atoms with Gasteiger partial charge in [-0.25, -0.2) is 4.98 Å². The Hall–Kier alpha value is -0.680. The SMILES string of the molecule is CC(Nc1nc(C2CC2)ns1)C1CCOCC1. The summed E-state index contributed by atoms with van der Waals surface area (Å²) in [4.78, 5) is 4.57. The van der Waals surface area contributed by atoms with Crippen LogP contribution in [0.15, 0.2) is 0 Å². The van der Waals surface area contributed by atoms with E-state index in [2.05, 4.69) is 21.6 Å². The van der Waals surface area contributed by atoms with Gasteiger partial charge in [0.2, 0.25) is 5.13 Å². The van der Waals surface area contributed by atoms with Crippen molar-refractivity contribution in [2.24, 2.45) is 5.92 Å². The van der Waals surface area contributed by atoms with Gasteiger partial charge in [0, 0.05) is 36.7 Å². The average molecular weight is 253 g/mol. The molecule has 1 N–H and O–H groups in total. The summed E-state index contributed by atoms with van der Waals surface area (Å²) in [5.74, 6) is 2.41. The molecule has 3 rings (SSSR count). The van der Waals surface area contributed by atoms with Gasteiger partial charge in [0.05, 0.1) is 0 Å². The summed E-state index contributed by atoms with van der Waals surface area (Å²) in [6, 6.07) is 0.471. The molecule has 17 heavy (non-hydrogen) atoms. The summed E-state index contributed by atoms with van der Waals surface area (Å²) in [5.41, 5.74) is 0. The normalized spacial score (nSPS) is 23.6. The molecule has 1 aromatic rings. The molecule has 94 valence electrons. The molecule has 1 atom stereocenters. The molecule has 1 aliphatic carbocycles. The Labute approximate surface area is 106 Å². The van der Waals surface area contributed by atoms with Crippen LogP contribution in [-0.4, -0.2) is 28.6 Å². The van der Waals surface area contributed by atoms with Crippen LogP contribution in [0.4, 0.5) is 5.13 Å². The van der Waals surface area contributed by atoms with Gasteiger partial charge in [0.15, 0.2) is 0 Å². The first-order valence-corrected chi connectivity index (χ1v) is 7.28. The van der Waals surface area contributed by atoms with Crippen molar-refractivity contribution in [1.29, 1.82) is 0 Å². The van der Waals surface area contributed by atoms with E-state index in [9.17, 15) is 0 Å². The van der Waals surface area contributed by atoms with Crippen LogP contribution in [0.5, 0.6) is 0 Å². The van der Waals surface area contributed by atoms with Gasteiger partial charge in [-0.1, -0.05) is 0 Å². The highest BCUT2D eigenvalue weighted by Crippen LogP contribution is 2.39. The molecule has 1 aromatic heterocycles. The van der Waals surface area contributed by atoms with E-state index >= 15 is 0 Å². The van der Waals surface area contributed by atoms with E-state index in [1.54, 1.807) is 0 Å². The fraction of sp³-hybridized carbons (Fsp3) is 0.833. The highest BCUT2D eigenvalue weighted by atomic mass is 32.1. The Morgan fingerprint density at radius 2 is 2.06 bits per heavy atom. The molecule has 1 unspecified atom stereocenters. The largest absolute Gasteiger partial charge is 0.381 e. The molecule has 0 aromatic carbocycles. The second kappa shape index (κ2) is 4.90. The lowest BCUT2D eigenvalue weighted by molar-refractivity contribution is 0.0622. The van der Waals surface area contributed by atoms with Gasteiger partial charge < -0.3 is 10.1 Å². The predicted molar refractivity (Wildman–Crippen MR) is 68.5 cm³/mol. The summed E-state index contributed by atoms with van der Waals surface area (Å²) < 4.78 is 9.81. The Morgan fingerprint density at radius 3 is 2.76 bits per heavy atom. The second-order valence-corrected chi connectivity index (χ2v) is 5.87. The molecule has 2 aliphatic rings. The quantitative estimate of drug-likeness (QED) is 0.896. The summed E-state index contributed by atoms with van der Waals surface area (Å²) in [5, 5.41) is 4.50. The molecule has 0 amide bonds. The molecule has 2 heterocycles. The van der Waals surface area contributed by atoms with Crippen LogP contribution in [-0.2, 0) is 4.74 Å². The fourth-order valence-corrected chi connectivity index (χ4v) is 3.07. The van der Waals surface area contributed by atoms with Crippen molar-refractivity contribution in [2.75, 3.05) is 18.5 Å². The molecular weight excluding hydrogens is 234 g/mol. The number of hydrogen-bond donors (Lipinski definition) is 1. The van der Waals surface area contributed by atoms with Crippen molar-refractivity contribution in [3.05, 3.63) is 5.82 Å². The van der Waals surface area contributed by atoms with Gasteiger partial charge >= 0.3 is 0 Å². The van der Waals surface area contributed by atoms with Crippen molar-refractivity contribution in [2.45, 2.75) is 44.6 Å². The molecule has 4 nitrogen and oxygen atoms in total. The zero-order valence-electron chi connectivity index (χ0n) is 10.2. The van der Waals surface area contributed by atoms with E-state index in [1.807, 2.05) is 0 Å². The van der Waals surface area contributed by atoms with E-state index in [0.29, 0.717) is 17.9 Å². The molecule has 0 bridgehead atoms. The lowest BCUT2D eigenvalue weighted by Crippen LogP contribution is -2.30. The van der Waals surface area contributed by atoms with E-state index in [1.165, 1.54) is 24.4 Å². The summed E-state index contributed by atoms with van der Waals surface area (Å²) >= 11 is 1.51. The smallest absolute Gasteiger partial charge is 0.202 e. The second-order valence-electron chi connectivity index (χ2n) is 5.11. The molecule has 1 saturated heterocycles. The van der Waals surface area contributed by atoms with Crippen LogP contribution in [0.2, 0.25) is 0 Å². The third-order valence-corrected chi connectivity index (χ3v) is 4.37. The van der Waals surface area contributed by atoms with Crippen LogP contribution in [0, 0.1) is 5.92 Å². The number of rotatable bonds is 4. The first kappa shape index (κ1) is 11.4. The Balaban J connectivity index is 1.56. The van der Waals surface area contributed by atoms with Crippen LogP contribution >= 0.6 is 11.5 Å². The number of anilines is 1. The first-order valence-electron chi connectivity index (χ1n) is 6.51. The lowest BCUT2D eigenvalue weighted by atomic mass is 9.93. The van der Waals surface area contributed by atoms with Gasteiger partial charge in [-0.05, 0) is 38.5 Å². The molecule has 1 saturated carbocycles. The molecule has 5 heteroatoms. The minimum absolute atomic E-state index is 0.471. The Kier molecular flexibility index (Phi) is 3.29. The van der Waals surface area contributed by atoms with E-state index in [0.717, 1.165) is 37.0 Å². The summed E-state index contributed by atoms with van der Waals surface area (Å²) in [6.45, 7) is 4.05. The maximum absolute atomic E-state index is 5.39. The summed E-state index contributed by atoms with van der Waals surface area (Å²) in [6.07, 6.45) is 4.85. The minimum atomic E-state index is 0.471. The van der Waals surface area contributed by atoms with Crippen LogP contribution in [0.25, 0.3) is 0 Å². The van der Waals surface area contributed by atoms with Crippen molar-refractivity contribution < 1.29 is 4.74 Å². The molecule has 0 radical (unpaired) electrons. The molecule has 0 spiro atoms. The molecule has 1 aliphatic heterocycles. The van der Waals surface area contributed by atoms with E-state index in [4.69, 9.17) is 4.74 Å². The highest BCUT2D eigenvalue weighted by molar-refractivity contribution is 7.09. The fourth-order valence-electron chi connectivity index (χ4n) is 2.33. The van der Waals surface area contributed by atoms with E-state index in [-0.39, 0.29) is 0 Å². The third kappa shape index (κ3) is 2.77. The van der Waals surface area contributed by atoms with Crippen LogP contribution in [0.3, 0.4) is 0 Å². The Morgan fingerprint density at radius 1 is 1.29 bits per heavy atom. The zero-order valence-corrected chi connectivity index (χ0v) is 11.0. The number of nitrogens with one attached hydrogen (secondary N) is 1. The first-order chi connectivity index (χ1) is 8.33. The lowest BCUT2D eigenvalue weighted by Gasteiger charge is -2.28. The maximum atomic E-state index is 5.39. The van der Waals surface area contributed by atoms with Gasteiger partial charge in [-0.15, -0.1) is 0 Å². The standard InChI is InChI=1S/C12H19N3OS/c1-8(9-4-6-16-7-5-9)13-12-14-11(15-17-12)10-2-3-10/h8-10H,2-7H2,1H3,(H,13,14,15). The summed E-state index contributed by atoms with van der Waals surface area (Å²) in [7, 11) is 0. The van der Waals surface area contributed by atoms with Crippen LogP contribution in [0.1, 0.15) is 44.3 Å². The topological polar surface area (TPSA) is 47.0 Å². The zero-order chi connectivity index (χ0) is 11.7. The molecular formula is C12H19N3OS. The predicted octanol–water partition coefficient (Wildman–Crippen LogP) is 2.64. The average Bonchev–Trinajstić information content (AvgIpc) is 3.12. The van der Waals surface area contributed by atoms with Crippen LogP contribution < -0.4 is 5.32 Å². The maximum Gasteiger partial charge on any atom is 0.202 e. The highest BCUT2D eigenvalue weighted by Gasteiger charge is 2.28. The van der Waals surface area contributed by atoms with Gasteiger partial charge in [0.1, 0.15) is 5.82 Å².